The monoisotopic (exact) mass is 249 g/mol. The van der Waals surface area contributed by atoms with Gasteiger partial charge in [0.15, 0.2) is 0 Å². The van der Waals surface area contributed by atoms with Gasteiger partial charge < -0.3 is 15.5 Å². The van der Waals surface area contributed by atoms with E-state index in [-0.39, 0.29) is 5.91 Å². The zero-order valence-corrected chi connectivity index (χ0v) is 11.5. The van der Waals surface area contributed by atoms with Crippen LogP contribution in [-0.2, 0) is 6.54 Å². The minimum atomic E-state index is 0.0593. The van der Waals surface area contributed by atoms with Crippen LogP contribution in [0.1, 0.15) is 22.3 Å². The van der Waals surface area contributed by atoms with Crippen molar-refractivity contribution in [2.75, 3.05) is 34.2 Å². The van der Waals surface area contributed by atoms with Gasteiger partial charge in [0.1, 0.15) is 0 Å². The Balaban J connectivity index is 2.56. The molecule has 0 fully saturated rings. The fraction of sp³-hybridized carbons (Fsp3) is 0.500. The normalized spacial score (nSPS) is 10.7. The predicted octanol–water partition coefficient (Wildman–Crippen LogP) is 1.17. The molecule has 0 spiro atoms. The van der Waals surface area contributed by atoms with Gasteiger partial charge in [-0.2, -0.15) is 0 Å². The van der Waals surface area contributed by atoms with Crippen LogP contribution in [0.15, 0.2) is 24.3 Å². The molecule has 0 aliphatic carbocycles. The maximum atomic E-state index is 12.2. The average molecular weight is 249 g/mol. The Kier molecular flexibility index (Phi) is 5.82. The molecular formula is C14H23N3O. The second kappa shape index (κ2) is 7.13. The minimum absolute atomic E-state index is 0.0593. The van der Waals surface area contributed by atoms with Crippen molar-refractivity contribution in [3.8, 4) is 0 Å². The fourth-order valence-corrected chi connectivity index (χ4v) is 1.78. The Labute approximate surface area is 109 Å². The van der Waals surface area contributed by atoms with E-state index < -0.39 is 0 Å². The first kappa shape index (κ1) is 14.7. The van der Waals surface area contributed by atoms with Crippen molar-refractivity contribution in [3.63, 3.8) is 0 Å². The summed E-state index contributed by atoms with van der Waals surface area (Å²) in [6.07, 6.45) is 0.978. The zero-order chi connectivity index (χ0) is 13.5. The minimum Gasteiger partial charge on any atom is -0.342 e. The molecule has 0 saturated heterocycles. The third-order valence-electron chi connectivity index (χ3n) is 2.86. The highest BCUT2D eigenvalue weighted by atomic mass is 16.2. The first-order valence-electron chi connectivity index (χ1n) is 6.23. The smallest absolute Gasteiger partial charge is 0.253 e. The Bertz CT molecular complexity index is 390. The van der Waals surface area contributed by atoms with E-state index in [1.165, 1.54) is 0 Å². The molecule has 0 aliphatic heterocycles. The molecule has 1 aromatic carbocycles. The number of nitrogens with two attached hydrogens (primary N) is 1. The molecule has 0 saturated carbocycles. The summed E-state index contributed by atoms with van der Waals surface area (Å²) in [5.41, 5.74) is 7.28. The Morgan fingerprint density at radius 3 is 2.56 bits per heavy atom. The van der Waals surface area contributed by atoms with Crippen molar-refractivity contribution in [1.82, 2.24) is 9.80 Å². The van der Waals surface area contributed by atoms with Gasteiger partial charge in [0.25, 0.3) is 5.91 Å². The summed E-state index contributed by atoms with van der Waals surface area (Å²) in [5.74, 6) is 0.0593. The number of hydrogen-bond acceptors (Lipinski definition) is 3. The molecule has 100 valence electrons. The second-order valence-electron chi connectivity index (χ2n) is 4.79. The van der Waals surface area contributed by atoms with Crippen LogP contribution in [0, 0.1) is 0 Å². The maximum Gasteiger partial charge on any atom is 0.253 e. The molecule has 0 bridgehead atoms. The Hall–Kier alpha value is -1.39. The number of hydrogen-bond donors (Lipinski definition) is 1. The Morgan fingerprint density at radius 2 is 1.94 bits per heavy atom. The van der Waals surface area contributed by atoms with Gasteiger partial charge in [-0.3, -0.25) is 4.79 Å². The van der Waals surface area contributed by atoms with Crippen molar-refractivity contribution in [3.05, 3.63) is 35.4 Å². The lowest BCUT2D eigenvalue weighted by atomic mass is 10.1. The lowest BCUT2D eigenvalue weighted by Crippen LogP contribution is -2.29. The summed E-state index contributed by atoms with van der Waals surface area (Å²) in [6.45, 7) is 2.22. The van der Waals surface area contributed by atoms with Crippen molar-refractivity contribution in [1.29, 1.82) is 0 Å². The summed E-state index contributed by atoms with van der Waals surface area (Å²) in [6, 6.07) is 7.51. The van der Waals surface area contributed by atoms with Crippen LogP contribution < -0.4 is 5.73 Å². The highest BCUT2D eigenvalue weighted by molar-refractivity contribution is 5.94. The first-order valence-corrected chi connectivity index (χ1v) is 6.23. The summed E-state index contributed by atoms with van der Waals surface area (Å²) in [4.78, 5) is 16.0. The van der Waals surface area contributed by atoms with Crippen LogP contribution in [0.4, 0.5) is 0 Å². The maximum absolute atomic E-state index is 12.2. The van der Waals surface area contributed by atoms with Crippen LogP contribution in [-0.4, -0.2) is 49.9 Å². The van der Waals surface area contributed by atoms with Gasteiger partial charge in [-0.1, -0.05) is 12.1 Å². The summed E-state index contributed by atoms with van der Waals surface area (Å²) < 4.78 is 0. The molecule has 0 radical (unpaired) electrons. The molecule has 0 aliphatic rings. The molecule has 0 heterocycles. The zero-order valence-electron chi connectivity index (χ0n) is 11.5. The van der Waals surface area contributed by atoms with Crippen LogP contribution in [0.25, 0.3) is 0 Å². The van der Waals surface area contributed by atoms with Gasteiger partial charge in [0.2, 0.25) is 0 Å². The van der Waals surface area contributed by atoms with E-state index in [0.29, 0.717) is 12.1 Å². The number of benzene rings is 1. The molecule has 0 unspecified atom stereocenters. The number of carbonyl (C=O) groups is 1. The van der Waals surface area contributed by atoms with Crippen molar-refractivity contribution in [2.24, 2.45) is 5.73 Å². The van der Waals surface area contributed by atoms with E-state index in [9.17, 15) is 4.79 Å². The number of carbonyl (C=O) groups excluding carboxylic acids is 1. The van der Waals surface area contributed by atoms with Gasteiger partial charge in [-0.15, -0.1) is 0 Å². The van der Waals surface area contributed by atoms with E-state index in [1.54, 1.807) is 4.90 Å². The van der Waals surface area contributed by atoms with Crippen molar-refractivity contribution < 1.29 is 4.79 Å². The van der Waals surface area contributed by atoms with E-state index in [1.807, 2.05) is 45.4 Å². The SMILES string of the molecule is CN(C)CCCN(C)C(=O)c1cccc(CN)c1. The third-order valence-corrected chi connectivity index (χ3v) is 2.86. The molecule has 2 N–H and O–H groups in total. The third kappa shape index (κ3) is 4.47. The largest absolute Gasteiger partial charge is 0.342 e. The second-order valence-corrected chi connectivity index (χ2v) is 4.79. The topological polar surface area (TPSA) is 49.6 Å². The van der Waals surface area contributed by atoms with Crippen LogP contribution in [0.3, 0.4) is 0 Å². The molecule has 1 amide bonds. The standard InChI is InChI=1S/C14H23N3O/c1-16(2)8-5-9-17(3)14(18)13-7-4-6-12(10-13)11-15/h4,6-7,10H,5,8-9,11,15H2,1-3H3. The summed E-state index contributed by atoms with van der Waals surface area (Å²) in [5, 5.41) is 0. The first-order chi connectivity index (χ1) is 8.54. The molecule has 18 heavy (non-hydrogen) atoms. The predicted molar refractivity (Wildman–Crippen MR) is 74.5 cm³/mol. The average Bonchev–Trinajstić information content (AvgIpc) is 2.37. The highest BCUT2D eigenvalue weighted by Gasteiger charge is 2.11. The lowest BCUT2D eigenvalue weighted by Gasteiger charge is -2.18. The van der Waals surface area contributed by atoms with Gasteiger partial charge in [-0.25, -0.2) is 0 Å². The van der Waals surface area contributed by atoms with Gasteiger partial charge in [0.05, 0.1) is 0 Å². The Morgan fingerprint density at radius 1 is 1.22 bits per heavy atom. The number of nitrogens with zero attached hydrogens (tertiary/aromatic N) is 2. The molecule has 1 rings (SSSR count). The molecule has 0 aromatic heterocycles. The van der Waals surface area contributed by atoms with E-state index in [4.69, 9.17) is 5.73 Å². The van der Waals surface area contributed by atoms with Crippen molar-refractivity contribution >= 4 is 5.91 Å². The molecular weight excluding hydrogens is 226 g/mol. The summed E-state index contributed by atoms with van der Waals surface area (Å²) >= 11 is 0. The van der Waals surface area contributed by atoms with Crippen LogP contribution in [0.5, 0.6) is 0 Å². The van der Waals surface area contributed by atoms with Gasteiger partial charge in [0, 0.05) is 25.7 Å². The molecule has 4 heteroatoms. The van der Waals surface area contributed by atoms with Crippen LogP contribution in [0.2, 0.25) is 0 Å². The van der Waals surface area contributed by atoms with Crippen molar-refractivity contribution in [2.45, 2.75) is 13.0 Å². The van der Waals surface area contributed by atoms with E-state index in [0.717, 1.165) is 25.1 Å². The lowest BCUT2D eigenvalue weighted by molar-refractivity contribution is 0.0790. The number of rotatable bonds is 6. The molecule has 1 aromatic rings. The van der Waals surface area contributed by atoms with E-state index in [2.05, 4.69) is 4.90 Å². The highest BCUT2D eigenvalue weighted by Crippen LogP contribution is 2.07. The fourth-order valence-electron chi connectivity index (χ4n) is 1.78. The number of amides is 1. The quantitative estimate of drug-likeness (QED) is 0.823. The molecule has 4 nitrogen and oxygen atoms in total. The van der Waals surface area contributed by atoms with Crippen LogP contribution >= 0.6 is 0 Å². The summed E-state index contributed by atoms with van der Waals surface area (Å²) in [7, 11) is 5.91. The van der Waals surface area contributed by atoms with Gasteiger partial charge in [-0.05, 0) is 44.8 Å². The van der Waals surface area contributed by atoms with E-state index >= 15 is 0 Å². The molecule has 0 atom stereocenters. The van der Waals surface area contributed by atoms with Gasteiger partial charge >= 0.3 is 0 Å².